The maximum absolute atomic E-state index is 5.81. The van der Waals surface area contributed by atoms with Crippen molar-refractivity contribution in [1.29, 1.82) is 0 Å². The molecule has 4 heteroatoms. The summed E-state index contributed by atoms with van der Waals surface area (Å²) in [5.74, 6) is 1.31. The van der Waals surface area contributed by atoms with Crippen LogP contribution in [0.4, 0.5) is 0 Å². The van der Waals surface area contributed by atoms with Gasteiger partial charge >= 0.3 is 0 Å². The van der Waals surface area contributed by atoms with Crippen LogP contribution in [0.1, 0.15) is 31.4 Å². The van der Waals surface area contributed by atoms with Crippen LogP contribution in [-0.2, 0) is 18.4 Å². The lowest BCUT2D eigenvalue weighted by Crippen LogP contribution is -2.29. The minimum atomic E-state index is 0.620. The van der Waals surface area contributed by atoms with Crippen LogP contribution in [0.5, 0.6) is 0 Å². The third kappa shape index (κ3) is 3.54. The first kappa shape index (κ1) is 12.6. The Hall–Kier alpha value is -0.870. The molecule has 0 aromatic carbocycles. The Morgan fingerprint density at radius 1 is 1.41 bits per heavy atom. The molecule has 1 saturated carbocycles. The van der Waals surface area contributed by atoms with Crippen LogP contribution in [-0.4, -0.2) is 22.9 Å². The van der Waals surface area contributed by atoms with E-state index >= 15 is 0 Å². The van der Waals surface area contributed by atoms with E-state index in [1.807, 2.05) is 24.0 Å². The topological polar surface area (TPSA) is 53.1 Å². The first-order chi connectivity index (χ1) is 8.29. The minimum absolute atomic E-state index is 0.620. The summed E-state index contributed by atoms with van der Waals surface area (Å²) >= 11 is 0. The van der Waals surface area contributed by atoms with E-state index in [-0.39, 0.29) is 0 Å². The van der Waals surface area contributed by atoms with Gasteiger partial charge in [-0.3, -0.25) is 4.68 Å². The standard InChI is InChI=1S/C13H23N3O/c1-16-7-6-13(15-16)10-17-9-12-5-3-2-4-11(12)8-14/h6-7,11-12H,2-5,8-10,14H2,1H3. The van der Waals surface area contributed by atoms with Crippen LogP contribution in [0.15, 0.2) is 12.3 Å². The number of ether oxygens (including phenoxy) is 1. The Balaban J connectivity index is 1.73. The van der Waals surface area contributed by atoms with Crippen molar-refractivity contribution in [2.75, 3.05) is 13.2 Å². The number of hydrogen-bond donors (Lipinski definition) is 1. The van der Waals surface area contributed by atoms with Crippen molar-refractivity contribution in [3.05, 3.63) is 18.0 Å². The Bertz CT molecular complexity index is 337. The highest BCUT2D eigenvalue weighted by Gasteiger charge is 2.23. The monoisotopic (exact) mass is 237 g/mol. The van der Waals surface area contributed by atoms with Gasteiger partial charge in [0, 0.05) is 13.2 Å². The van der Waals surface area contributed by atoms with E-state index in [4.69, 9.17) is 10.5 Å². The van der Waals surface area contributed by atoms with Gasteiger partial charge in [0.05, 0.1) is 18.9 Å². The molecular formula is C13H23N3O. The van der Waals surface area contributed by atoms with Crippen LogP contribution in [0, 0.1) is 11.8 Å². The molecule has 1 aromatic rings. The molecule has 1 fully saturated rings. The lowest BCUT2D eigenvalue weighted by Gasteiger charge is -2.30. The van der Waals surface area contributed by atoms with Crippen molar-refractivity contribution in [2.45, 2.75) is 32.3 Å². The second kappa shape index (κ2) is 6.17. The fourth-order valence-corrected chi connectivity index (χ4v) is 2.67. The van der Waals surface area contributed by atoms with Crippen molar-refractivity contribution in [1.82, 2.24) is 9.78 Å². The molecule has 1 aromatic heterocycles. The third-order valence-electron chi connectivity index (χ3n) is 3.72. The first-order valence-corrected chi connectivity index (χ1v) is 6.56. The van der Waals surface area contributed by atoms with Gasteiger partial charge in [-0.25, -0.2) is 0 Å². The largest absolute Gasteiger partial charge is 0.375 e. The molecule has 2 N–H and O–H groups in total. The second-order valence-electron chi connectivity index (χ2n) is 5.04. The maximum atomic E-state index is 5.81. The number of nitrogens with zero attached hydrogens (tertiary/aromatic N) is 2. The van der Waals surface area contributed by atoms with E-state index < -0.39 is 0 Å². The average molecular weight is 237 g/mol. The van der Waals surface area contributed by atoms with Gasteiger partial charge in [-0.15, -0.1) is 0 Å². The summed E-state index contributed by atoms with van der Waals surface area (Å²) in [6, 6.07) is 2.00. The predicted molar refractivity (Wildman–Crippen MR) is 67.4 cm³/mol. The van der Waals surface area contributed by atoms with Gasteiger partial charge in [0.2, 0.25) is 0 Å². The molecule has 0 radical (unpaired) electrons. The molecule has 2 atom stereocenters. The zero-order valence-corrected chi connectivity index (χ0v) is 10.6. The highest BCUT2D eigenvalue weighted by molar-refractivity contribution is 4.96. The summed E-state index contributed by atoms with van der Waals surface area (Å²) in [7, 11) is 1.93. The lowest BCUT2D eigenvalue weighted by atomic mass is 9.80. The van der Waals surface area contributed by atoms with E-state index in [0.717, 1.165) is 18.8 Å². The Morgan fingerprint density at radius 3 is 2.82 bits per heavy atom. The van der Waals surface area contributed by atoms with E-state index in [1.165, 1.54) is 25.7 Å². The van der Waals surface area contributed by atoms with Crippen LogP contribution < -0.4 is 5.73 Å². The molecule has 1 heterocycles. The normalized spacial score (nSPS) is 25.1. The van der Waals surface area contributed by atoms with E-state index in [0.29, 0.717) is 18.4 Å². The van der Waals surface area contributed by atoms with Crippen LogP contribution in [0.25, 0.3) is 0 Å². The van der Waals surface area contributed by atoms with Crippen molar-refractivity contribution in [3.8, 4) is 0 Å². The predicted octanol–water partition coefficient (Wildman–Crippen LogP) is 1.70. The van der Waals surface area contributed by atoms with Gasteiger partial charge in [-0.1, -0.05) is 12.8 Å². The SMILES string of the molecule is Cn1ccc(COCC2CCCCC2CN)n1. The van der Waals surface area contributed by atoms with E-state index in [9.17, 15) is 0 Å². The molecule has 0 bridgehead atoms. The number of aromatic nitrogens is 2. The van der Waals surface area contributed by atoms with Gasteiger partial charge in [-0.2, -0.15) is 5.10 Å². The summed E-state index contributed by atoms with van der Waals surface area (Å²) in [6.07, 6.45) is 7.15. The summed E-state index contributed by atoms with van der Waals surface area (Å²) in [5, 5.41) is 4.30. The first-order valence-electron chi connectivity index (χ1n) is 6.56. The van der Waals surface area contributed by atoms with Crippen LogP contribution in [0.2, 0.25) is 0 Å². The molecule has 17 heavy (non-hydrogen) atoms. The molecule has 2 rings (SSSR count). The van der Waals surface area contributed by atoms with Crippen molar-refractivity contribution in [2.24, 2.45) is 24.6 Å². The molecule has 96 valence electrons. The third-order valence-corrected chi connectivity index (χ3v) is 3.72. The molecular weight excluding hydrogens is 214 g/mol. The zero-order chi connectivity index (χ0) is 12.1. The minimum Gasteiger partial charge on any atom is -0.375 e. The smallest absolute Gasteiger partial charge is 0.0906 e. The van der Waals surface area contributed by atoms with Gasteiger partial charge < -0.3 is 10.5 Å². The fraction of sp³-hybridized carbons (Fsp3) is 0.769. The molecule has 2 unspecified atom stereocenters. The fourth-order valence-electron chi connectivity index (χ4n) is 2.67. The van der Waals surface area contributed by atoms with Crippen molar-refractivity contribution >= 4 is 0 Å². The van der Waals surface area contributed by atoms with E-state index in [2.05, 4.69) is 5.10 Å². The second-order valence-corrected chi connectivity index (χ2v) is 5.04. The van der Waals surface area contributed by atoms with Gasteiger partial charge in [-0.05, 0) is 37.3 Å². The maximum Gasteiger partial charge on any atom is 0.0906 e. The Kier molecular flexibility index (Phi) is 4.57. The molecule has 0 amide bonds. The highest BCUT2D eigenvalue weighted by Crippen LogP contribution is 2.29. The number of aryl methyl sites for hydroxylation is 1. The molecule has 1 aliphatic carbocycles. The molecule has 0 spiro atoms. The highest BCUT2D eigenvalue weighted by atomic mass is 16.5. The summed E-state index contributed by atoms with van der Waals surface area (Å²) in [5.41, 5.74) is 6.82. The Morgan fingerprint density at radius 2 is 2.18 bits per heavy atom. The van der Waals surface area contributed by atoms with Crippen LogP contribution >= 0.6 is 0 Å². The molecule has 1 aliphatic rings. The zero-order valence-electron chi connectivity index (χ0n) is 10.6. The quantitative estimate of drug-likeness (QED) is 0.848. The van der Waals surface area contributed by atoms with Gasteiger partial charge in [0.1, 0.15) is 0 Å². The lowest BCUT2D eigenvalue weighted by molar-refractivity contribution is 0.0495. The summed E-state index contributed by atoms with van der Waals surface area (Å²) in [4.78, 5) is 0. The number of hydrogen-bond acceptors (Lipinski definition) is 3. The number of rotatable bonds is 5. The van der Waals surface area contributed by atoms with Crippen molar-refractivity contribution in [3.63, 3.8) is 0 Å². The van der Waals surface area contributed by atoms with Gasteiger partial charge in [0.25, 0.3) is 0 Å². The van der Waals surface area contributed by atoms with Crippen molar-refractivity contribution < 1.29 is 4.74 Å². The number of nitrogens with two attached hydrogens (primary N) is 1. The molecule has 0 saturated heterocycles. The average Bonchev–Trinajstić information content (AvgIpc) is 2.76. The van der Waals surface area contributed by atoms with E-state index in [1.54, 1.807) is 0 Å². The molecule has 0 aliphatic heterocycles. The van der Waals surface area contributed by atoms with Gasteiger partial charge in [0.15, 0.2) is 0 Å². The Labute approximate surface area is 103 Å². The summed E-state index contributed by atoms with van der Waals surface area (Å²) in [6.45, 7) is 2.25. The molecule has 4 nitrogen and oxygen atoms in total. The van der Waals surface area contributed by atoms with Crippen LogP contribution in [0.3, 0.4) is 0 Å². The summed E-state index contributed by atoms with van der Waals surface area (Å²) < 4.78 is 7.58.